The second kappa shape index (κ2) is 10.3. The lowest BCUT2D eigenvalue weighted by molar-refractivity contribution is -0.120. The number of likely N-dealkylation sites (N-methyl/N-ethyl adjacent to an activating group) is 1. The lowest BCUT2D eigenvalue weighted by Gasteiger charge is -2.18. The van der Waals surface area contributed by atoms with Gasteiger partial charge in [0.05, 0.1) is 0 Å². The van der Waals surface area contributed by atoms with E-state index in [1.807, 2.05) is 6.07 Å². The largest absolute Gasteiger partial charge is 0.351 e. The van der Waals surface area contributed by atoms with Crippen molar-refractivity contribution in [2.75, 3.05) is 38.0 Å². The number of hydrogen-bond acceptors (Lipinski definition) is 4. The minimum absolute atomic E-state index is 0.0111. The van der Waals surface area contributed by atoms with E-state index in [0.717, 1.165) is 38.9 Å². The fraction of sp³-hybridized carbons (Fsp3) is 0.600. The molecule has 0 heterocycles. The zero-order chi connectivity index (χ0) is 18.9. The van der Waals surface area contributed by atoms with Crippen molar-refractivity contribution in [3.63, 3.8) is 0 Å². The van der Waals surface area contributed by atoms with Crippen molar-refractivity contribution in [3.8, 4) is 0 Å². The van der Waals surface area contributed by atoms with Crippen molar-refractivity contribution in [3.05, 3.63) is 29.8 Å². The van der Waals surface area contributed by atoms with E-state index in [1.54, 1.807) is 18.2 Å². The maximum absolute atomic E-state index is 12.5. The van der Waals surface area contributed by atoms with Crippen LogP contribution in [0, 0.1) is 11.8 Å². The Morgan fingerprint density at radius 2 is 2.00 bits per heavy atom. The van der Waals surface area contributed by atoms with Gasteiger partial charge in [-0.3, -0.25) is 9.59 Å². The molecule has 0 aliphatic heterocycles. The van der Waals surface area contributed by atoms with Gasteiger partial charge in [-0.2, -0.15) is 0 Å². The van der Waals surface area contributed by atoms with Crippen LogP contribution in [0.2, 0.25) is 0 Å². The highest BCUT2D eigenvalue weighted by Crippen LogP contribution is 2.31. The van der Waals surface area contributed by atoms with Gasteiger partial charge in [-0.15, -0.1) is 0 Å². The van der Waals surface area contributed by atoms with E-state index in [0.29, 0.717) is 24.3 Å². The van der Waals surface area contributed by atoms with Crippen molar-refractivity contribution in [1.82, 2.24) is 10.2 Å². The van der Waals surface area contributed by atoms with Gasteiger partial charge in [0.2, 0.25) is 5.91 Å². The van der Waals surface area contributed by atoms with Gasteiger partial charge in [0, 0.05) is 30.3 Å². The van der Waals surface area contributed by atoms with Gasteiger partial charge in [0.25, 0.3) is 5.91 Å². The van der Waals surface area contributed by atoms with E-state index in [9.17, 15) is 9.59 Å². The number of nitrogens with two attached hydrogens (primary N) is 1. The van der Waals surface area contributed by atoms with E-state index in [4.69, 9.17) is 5.73 Å². The molecule has 1 fully saturated rings. The number of hydrogen-bond donors (Lipinski definition) is 3. The van der Waals surface area contributed by atoms with Gasteiger partial charge >= 0.3 is 0 Å². The SMILES string of the molecule is CCN(CC)CCNC(=O)c1cccc(NC(=O)[C@@H]2CCC[C@@H]2CN)c1. The molecular formula is C20H32N4O2. The highest BCUT2D eigenvalue weighted by molar-refractivity contribution is 5.97. The third-order valence-electron chi connectivity index (χ3n) is 5.30. The fourth-order valence-corrected chi connectivity index (χ4v) is 3.61. The number of anilines is 1. The van der Waals surface area contributed by atoms with Crippen molar-refractivity contribution < 1.29 is 9.59 Å². The quantitative estimate of drug-likeness (QED) is 0.629. The zero-order valence-corrected chi connectivity index (χ0v) is 16.0. The molecule has 144 valence electrons. The fourth-order valence-electron chi connectivity index (χ4n) is 3.61. The van der Waals surface area contributed by atoms with Crippen molar-refractivity contribution in [1.29, 1.82) is 0 Å². The van der Waals surface area contributed by atoms with Crippen LogP contribution in [-0.2, 0) is 4.79 Å². The average Bonchev–Trinajstić information content (AvgIpc) is 3.14. The van der Waals surface area contributed by atoms with Crippen molar-refractivity contribution in [2.45, 2.75) is 33.1 Å². The summed E-state index contributed by atoms with van der Waals surface area (Å²) in [6.07, 6.45) is 2.96. The summed E-state index contributed by atoms with van der Waals surface area (Å²) in [5.74, 6) is 0.138. The molecule has 2 amide bonds. The molecule has 6 heteroatoms. The molecule has 4 N–H and O–H groups in total. The number of carbonyl (C=O) groups excluding carboxylic acids is 2. The molecule has 2 rings (SSSR count). The molecule has 1 saturated carbocycles. The first-order valence-electron chi connectivity index (χ1n) is 9.70. The predicted molar refractivity (Wildman–Crippen MR) is 105 cm³/mol. The third kappa shape index (κ3) is 5.54. The molecular weight excluding hydrogens is 328 g/mol. The normalized spacial score (nSPS) is 19.5. The van der Waals surface area contributed by atoms with Crippen LogP contribution in [0.4, 0.5) is 5.69 Å². The summed E-state index contributed by atoms with van der Waals surface area (Å²) in [4.78, 5) is 27.1. The molecule has 1 aliphatic carbocycles. The molecule has 1 aliphatic rings. The number of amides is 2. The van der Waals surface area contributed by atoms with Crippen LogP contribution in [0.5, 0.6) is 0 Å². The van der Waals surface area contributed by atoms with Crippen LogP contribution >= 0.6 is 0 Å². The molecule has 0 aromatic heterocycles. The van der Waals surface area contributed by atoms with E-state index in [2.05, 4.69) is 29.4 Å². The number of carbonyl (C=O) groups is 2. The first-order chi connectivity index (χ1) is 12.6. The van der Waals surface area contributed by atoms with Gasteiger partial charge in [0.15, 0.2) is 0 Å². The minimum Gasteiger partial charge on any atom is -0.351 e. The Morgan fingerprint density at radius 3 is 2.69 bits per heavy atom. The molecule has 1 aromatic rings. The second-order valence-corrected chi connectivity index (χ2v) is 6.89. The molecule has 0 saturated heterocycles. The zero-order valence-electron chi connectivity index (χ0n) is 16.0. The van der Waals surface area contributed by atoms with Crippen molar-refractivity contribution >= 4 is 17.5 Å². The number of nitrogens with one attached hydrogen (secondary N) is 2. The Balaban J connectivity index is 1.90. The molecule has 0 unspecified atom stereocenters. The molecule has 2 atom stereocenters. The standard InChI is InChI=1S/C20H32N4O2/c1-3-24(4-2)12-11-22-19(25)15-7-5-9-17(13-15)23-20(26)18-10-6-8-16(18)14-21/h5,7,9,13,16,18H,3-4,6,8,10-12,14,21H2,1-2H3,(H,22,25)(H,23,26)/t16-,18-/m1/s1. The maximum Gasteiger partial charge on any atom is 0.251 e. The lowest BCUT2D eigenvalue weighted by atomic mass is 9.95. The minimum atomic E-state index is -0.117. The molecule has 6 nitrogen and oxygen atoms in total. The van der Waals surface area contributed by atoms with Gasteiger partial charge in [-0.1, -0.05) is 26.3 Å². The molecule has 26 heavy (non-hydrogen) atoms. The van der Waals surface area contributed by atoms with Crippen LogP contribution < -0.4 is 16.4 Å². The van der Waals surface area contributed by atoms with Crippen molar-refractivity contribution in [2.24, 2.45) is 17.6 Å². The number of nitrogens with zero attached hydrogens (tertiary/aromatic N) is 1. The highest BCUT2D eigenvalue weighted by atomic mass is 16.2. The Kier molecular flexibility index (Phi) is 8.06. The molecule has 0 spiro atoms. The van der Waals surface area contributed by atoms with Crippen LogP contribution in [-0.4, -0.2) is 49.4 Å². The summed E-state index contributed by atoms with van der Waals surface area (Å²) >= 11 is 0. The van der Waals surface area contributed by atoms with E-state index in [1.165, 1.54) is 0 Å². The summed E-state index contributed by atoms with van der Waals surface area (Å²) in [5, 5.41) is 5.89. The van der Waals surface area contributed by atoms with Crippen LogP contribution in [0.1, 0.15) is 43.5 Å². The van der Waals surface area contributed by atoms with Crippen LogP contribution in [0.15, 0.2) is 24.3 Å². The Morgan fingerprint density at radius 1 is 1.23 bits per heavy atom. The summed E-state index contributed by atoms with van der Waals surface area (Å²) in [5.41, 5.74) is 6.99. The van der Waals surface area contributed by atoms with E-state index >= 15 is 0 Å². The first-order valence-corrected chi connectivity index (χ1v) is 9.70. The summed E-state index contributed by atoms with van der Waals surface area (Å²) in [6.45, 7) is 8.15. The molecule has 1 aromatic carbocycles. The van der Waals surface area contributed by atoms with Gasteiger partial charge in [-0.25, -0.2) is 0 Å². The third-order valence-corrected chi connectivity index (χ3v) is 5.30. The van der Waals surface area contributed by atoms with Crippen LogP contribution in [0.25, 0.3) is 0 Å². The maximum atomic E-state index is 12.5. The Hall–Kier alpha value is -1.92. The number of benzene rings is 1. The smallest absolute Gasteiger partial charge is 0.251 e. The second-order valence-electron chi connectivity index (χ2n) is 6.89. The summed E-state index contributed by atoms with van der Waals surface area (Å²) in [7, 11) is 0. The van der Waals surface area contributed by atoms with E-state index < -0.39 is 0 Å². The van der Waals surface area contributed by atoms with Gasteiger partial charge in [0.1, 0.15) is 0 Å². The topological polar surface area (TPSA) is 87.5 Å². The predicted octanol–water partition coefficient (Wildman–Crippen LogP) is 2.07. The highest BCUT2D eigenvalue weighted by Gasteiger charge is 2.31. The average molecular weight is 361 g/mol. The van der Waals surface area contributed by atoms with Gasteiger partial charge in [-0.05, 0) is 56.6 Å². The lowest BCUT2D eigenvalue weighted by Crippen LogP contribution is -2.34. The summed E-state index contributed by atoms with van der Waals surface area (Å²) < 4.78 is 0. The Bertz CT molecular complexity index is 601. The van der Waals surface area contributed by atoms with Crippen LogP contribution in [0.3, 0.4) is 0 Å². The molecule has 0 bridgehead atoms. The molecule has 0 radical (unpaired) electrons. The first kappa shape index (κ1) is 20.4. The summed E-state index contributed by atoms with van der Waals surface area (Å²) in [6, 6.07) is 7.11. The number of rotatable bonds is 9. The monoisotopic (exact) mass is 360 g/mol. The van der Waals surface area contributed by atoms with Gasteiger partial charge < -0.3 is 21.3 Å². The van der Waals surface area contributed by atoms with E-state index in [-0.39, 0.29) is 23.7 Å². The Labute approximate surface area is 156 Å².